The Bertz CT molecular complexity index is 598. The lowest BCUT2D eigenvalue weighted by Crippen LogP contribution is -2.40. The van der Waals surface area contributed by atoms with Crippen molar-refractivity contribution >= 4 is 33.4 Å². The van der Waals surface area contributed by atoms with Crippen LogP contribution in [-0.4, -0.2) is 24.9 Å². The lowest BCUT2D eigenvalue weighted by atomic mass is 9.71. The smallest absolute Gasteiger partial charge is 0.243 e. The highest BCUT2D eigenvalue weighted by Gasteiger charge is 2.32. The molecule has 1 aliphatic rings. The molecule has 0 radical (unpaired) electrons. The van der Waals surface area contributed by atoms with Crippen LogP contribution in [0, 0.1) is 12.3 Å². The zero-order chi connectivity index (χ0) is 17.6. The number of rotatable bonds is 6. The third-order valence-electron chi connectivity index (χ3n) is 4.77. The average Bonchev–Trinajstić information content (AvgIpc) is 2.57. The fourth-order valence-electron chi connectivity index (χ4n) is 3.26. The molecule has 0 unspecified atom stereocenters. The molecule has 0 atom stereocenters. The normalized spacial score (nSPS) is 16.5. The predicted molar refractivity (Wildman–Crippen MR) is 99.7 cm³/mol. The van der Waals surface area contributed by atoms with Crippen molar-refractivity contribution < 1.29 is 9.59 Å². The van der Waals surface area contributed by atoms with Gasteiger partial charge in [0.1, 0.15) is 0 Å². The Morgan fingerprint density at radius 1 is 1.21 bits per heavy atom. The van der Waals surface area contributed by atoms with Gasteiger partial charge in [-0.2, -0.15) is 0 Å². The summed E-state index contributed by atoms with van der Waals surface area (Å²) < 4.78 is 0.994. The summed E-state index contributed by atoms with van der Waals surface area (Å²) in [6, 6.07) is 5.59. The van der Waals surface area contributed by atoms with Gasteiger partial charge in [-0.1, -0.05) is 35.2 Å². The van der Waals surface area contributed by atoms with Crippen LogP contribution in [0.3, 0.4) is 0 Å². The van der Waals surface area contributed by atoms with Gasteiger partial charge in [0, 0.05) is 16.6 Å². The molecule has 0 aliphatic heterocycles. The first-order chi connectivity index (χ1) is 11.4. The highest BCUT2D eigenvalue weighted by Crippen LogP contribution is 2.38. The van der Waals surface area contributed by atoms with E-state index in [9.17, 15) is 9.59 Å². The molecular formula is C18H26BrN3O2. The van der Waals surface area contributed by atoms with E-state index in [0.717, 1.165) is 41.4 Å². The quantitative estimate of drug-likeness (QED) is 0.691. The van der Waals surface area contributed by atoms with Gasteiger partial charge in [0.15, 0.2) is 0 Å². The molecule has 0 bridgehead atoms. The van der Waals surface area contributed by atoms with E-state index in [1.807, 2.05) is 25.1 Å². The van der Waals surface area contributed by atoms with Gasteiger partial charge in [-0.05, 0) is 55.5 Å². The first-order valence-electron chi connectivity index (χ1n) is 8.47. The molecule has 1 aromatic rings. The van der Waals surface area contributed by atoms with E-state index in [-0.39, 0.29) is 23.8 Å². The molecular weight excluding hydrogens is 370 g/mol. The zero-order valence-corrected chi connectivity index (χ0v) is 15.7. The summed E-state index contributed by atoms with van der Waals surface area (Å²) in [5.74, 6) is -0.319. The SMILES string of the molecule is Cc1cc(NC(=O)CNC(=O)CC2(CN)CCCCC2)ccc1Br. The number of carbonyl (C=O) groups is 2. The van der Waals surface area contributed by atoms with E-state index in [2.05, 4.69) is 26.6 Å². The van der Waals surface area contributed by atoms with Crippen LogP contribution in [-0.2, 0) is 9.59 Å². The van der Waals surface area contributed by atoms with E-state index in [4.69, 9.17) is 5.73 Å². The molecule has 24 heavy (non-hydrogen) atoms. The third-order valence-corrected chi connectivity index (χ3v) is 5.66. The predicted octanol–water partition coefficient (Wildman–Crippen LogP) is 3.11. The summed E-state index contributed by atoms with van der Waals surface area (Å²) in [4.78, 5) is 24.2. The molecule has 0 aromatic heterocycles. The average molecular weight is 396 g/mol. The maximum absolute atomic E-state index is 12.2. The Balaban J connectivity index is 1.80. The molecule has 2 rings (SSSR count). The first-order valence-corrected chi connectivity index (χ1v) is 9.26. The summed E-state index contributed by atoms with van der Waals surface area (Å²) in [5, 5.41) is 5.51. The number of halogens is 1. The summed E-state index contributed by atoms with van der Waals surface area (Å²) in [7, 11) is 0. The second-order valence-electron chi connectivity index (χ2n) is 6.73. The fraction of sp³-hybridized carbons (Fsp3) is 0.556. The van der Waals surface area contributed by atoms with E-state index in [0.29, 0.717) is 13.0 Å². The summed E-state index contributed by atoms with van der Waals surface area (Å²) >= 11 is 3.42. The van der Waals surface area contributed by atoms with Gasteiger partial charge < -0.3 is 16.4 Å². The fourth-order valence-corrected chi connectivity index (χ4v) is 3.51. The van der Waals surface area contributed by atoms with Gasteiger partial charge in [0.05, 0.1) is 6.54 Å². The van der Waals surface area contributed by atoms with Crippen LogP contribution < -0.4 is 16.4 Å². The van der Waals surface area contributed by atoms with Crippen molar-refractivity contribution in [1.29, 1.82) is 0 Å². The Morgan fingerprint density at radius 2 is 1.92 bits per heavy atom. The summed E-state index contributed by atoms with van der Waals surface area (Å²) in [5.41, 5.74) is 7.59. The van der Waals surface area contributed by atoms with Crippen LogP contribution in [0.15, 0.2) is 22.7 Å². The van der Waals surface area contributed by atoms with Crippen molar-refractivity contribution in [2.45, 2.75) is 45.4 Å². The highest BCUT2D eigenvalue weighted by atomic mass is 79.9. The van der Waals surface area contributed by atoms with E-state index >= 15 is 0 Å². The number of nitrogens with one attached hydrogen (secondary N) is 2. The number of hydrogen-bond donors (Lipinski definition) is 3. The van der Waals surface area contributed by atoms with Crippen molar-refractivity contribution in [3.8, 4) is 0 Å². The first kappa shape index (κ1) is 18.9. The van der Waals surface area contributed by atoms with Crippen LogP contribution in [0.1, 0.15) is 44.1 Å². The number of nitrogens with two attached hydrogens (primary N) is 1. The third kappa shape index (κ3) is 5.31. The number of carbonyl (C=O) groups excluding carboxylic acids is 2. The molecule has 2 amide bonds. The topological polar surface area (TPSA) is 84.2 Å². The lowest BCUT2D eigenvalue weighted by Gasteiger charge is -2.35. The van der Waals surface area contributed by atoms with Gasteiger partial charge in [0.2, 0.25) is 11.8 Å². The molecule has 0 spiro atoms. The Morgan fingerprint density at radius 3 is 2.54 bits per heavy atom. The van der Waals surface area contributed by atoms with Gasteiger partial charge in [-0.15, -0.1) is 0 Å². The second-order valence-corrected chi connectivity index (χ2v) is 7.58. The molecule has 1 saturated carbocycles. The van der Waals surface area contributed by atoms with Crippen LogP contribution in [0.5, 0.6) is 0 Å². The van der Waals surface area contributed by atoms with Crippen molar-refractivity contribution in [3.05, 3.63) is 28.2 Å². The van der Waals surface area contributed by atoms with Crippen molar-refractivity contribution in [2.75, 3.05) is 18.4 Å². The Hall–Kier alpha value is -1.40. The Labute approximate surface area is 151 Å². The standard InChI is InChI=1S/C18H26BrN3O2/c1-13-9-14(5-6-15(13)19)22-17(24)11-21-16(23)10-18(12-20)7-3-2-4-8-18/h5-6,9H,2-4,7-8,10-12,20H2,1H3,(H,21,23)(H,22,24). The van der Waals surface area contributed by atoms with Crippen molar-refractivity contribution in [1.82, 2.24) is 5.32 Å². The number of amides is 2. The van der Waals surface area contributed by atoms with Crippen molar-refractivity contribution in [3.63, 3.8) is 0 Å². The number of anilines is 1. The highest BCUT2D eigenvalue weighted by molar-refractivity contribution is 9.10. The maximum Gasteiger partial charge on any atom is 0.243 e. The van der Waals surface area contributed by atoms with Crippen LogP contribution in [0.2, 0.25) is 0 Å². The van der Waals surface area contributed by atoms with Gasteiger partial charge in [0.25, 0.3) is 0 Å². The van der Waals surface area contributed by atoms with Gasteiger partial charge in [-0.25, -0.2) is 0 Å². The lowest BCUT2D eigenvalue weighted by molar-refractivity contribution is -0.126. The molecule has 1 aliphatic carbocycles. The van der Waals surface area contributed by atoms with Crippen LogP contribution in [0.4, 0.5) is 5.69 Å². The van der Waals surface area contributed by atoms with Crippen LogP contribution >= 0.6 is 15.9 Å². The Kier molecular flexibility index (Phi) is 6.80. The van der Waals surface area contributed by atoms with Crippen molar-refractivity contribution in [2.24, 2.45) is 11.1 Å². The molecule has 0 heterocycles. The molecule has 132 valence electrons. The minimum absolute atomic E-state index is 0.0192. The minimum atomic E-state index is -0.226. The molecule has 5 nitrogen and oxygen atoms in total. The minimum Gasteiger partial charge on any atom is -0.347 e. The molecule has 4 N–H and O–H groups in total. The summed E-state index contributed by atoms with van der Waals surface area (Å²) in [6.45, 7) is 2.47. The van der Waals surface area contributed by atoms with Gasteiger partial charge >= 0.3 is 0 Å². The molecule has 6 heteroatoms. The van der Waals surface area contributed by atoms with Crippen LogP contribution in [0.25, 0.3) is 0 Å². The van der Waals surface area contributed by atoms with E-state index < -0.39 is 0 Å². The molecule has 1 fully saturated rings. The molecule has 1 aromatic carbocycles. The van der Waals surface area contributed by atoms with E-state index in [1.54, 1.807) is 0 Å². The maximum atomic E-state index is 12.2. The number of hydrogen-bond acceptors (Lipinski definition) is 3. The summed E-state index contributed by atoms with van der Waals surface area (Å²) in [6.07, 6.45) is 5.90. The monoisotopic (exact) mass is 395 g/mol. The number of aryl methyl sites for hydroxylation is 1. The van der Waals surface area contributed by atoms with E-state index in [1.165, 1.54) is 6.42 Å². The largest absolute Gasteiger partial charge is 0.347 e. The van der Waals surface area contributed by atoms with Gasteiger partial charge in [-0.3, -0.25) is 9.59 Å². The molecule has 0 saturated heterocycles. The zero-order valence-electron chi connectivity index (χ0n) is 14.2. The second kappa shape index (κ2) is 8.62. The number of benzene rings is 1.